The van der Waals surface area contributed by atoms with Crippen LogP contribution in [0.4, 0.5) is 0 Å². The molecule has 76 valence electrons. The van der Waals surface area contributed by atoms with Crippen molar-refractivity contribution >= 4 is 5.71 Å². The van der Waals surface area contributed by atoms with E-state index in [4.69, 9.17) is 4.84 Å². The Kier molecular flexibility index (Phi) is 4.26. The summed E-state index contributed by atoms with van der Waals surface area (Å²) in [5, 5.41) is 4.22. The highest BCUT2D eigenvalue weighted by molar-refractivity contribution is 5.86. The zero-order chi connectivity index (χ0) is 9.68. The molecule has 1 aliphatic carbocycles. The zero-order valence-electron chi connectivity index (χ0n) is 9.05. The van der Waals surface area contributed by atoms with Crippen LogP contribution in [0.5, 0.6) is 0 Å². The molecule has 1 rings (SSSR count). The standard InChI is InChI=1S/C11H21NO/c1-9(2)8-13-12-11-7-5-4-6-10(11)3/h9-10H,4-8H2,1-3H3/b12-11-/t10-/m1/s1. The van der Waals surface area contributed by atoms with Crippen molar-refractivity contribution in [1.82, 2.24) is 0 Å². The smallest absolute Gasteiger partial charge is 0.119 e. The molecule has 1 aliphatic rings. The Morgan fingerprint density at radius 3 is 2.85 bits per heavy atom. The fourth-order valence-electron chi connectivity index (χ4n) is 1.57. The maximum atomic E-state index is 5.29. The number of hydrogen-bond acceptors (Lipinski definition) is 2. The quantitative estimate of drug-likeness (QED) is 0.616. The Balaban J connectivity index is 2.31. The fraction of sp³-hybridized carbons (Fsp3) is 0.909. The molecule has 0 spiro atoms. The Morgan fingerprint density at radius 1 is 1.46 bits per heavy atom. The van der Waals surface area contributed by atoms with E-state index in [1.54, 1.807) is 0 Å². The van der Waals surface area contributed by atoms with E-state index in [9.17, 15) is 0 Å². The van der Waals surface area contributed by atoms with Gasteiger partial charge in [-0.1, -0.05) is 32.3 Å². The van der Waals surface area contributed by atoms with Crippen LogP contribution in [0.15, 0.2) is 5.16 Å². The summed E-state index contributed by atoms with van der Waals surface area (Å²) in [6.07, 6.45) is 5.06. The van der Waals surface area contributed by atoms with Crippen LogP contribution in [-0.4, -0.2) is 12.3 Å². The Bertz CT molecular complexity index is 175. The number of hydrogen-bond donors (Lipinski definition) is 0. The Hall–Kier alpha value is -0.530. The van der Waals surface area contributed by atoms with E-state index in [1.165, 1.54) is 25.0 Å². The van der Waals surface area contributed by atoms with Crippen molar-refractivity contribution in [3.8, 4) is 0 Å². The minimum atomic E-state index is 0.572. The third kappa shape index (κ3) is 3.79. The lowest BCUT2D eigenvalue weighted by atomic mass is 9.89. The molecular weight excluding hydrogens is 162 g/mol. The highest BCUT2D eigenvalue weighted by atomic mass is 16.6. The van der Waals surface area contributed by atoms with Gasteiger partial charge in [0.2, 0.25) is 0 Å². The summed E-state index contributed by atoms with van der Waals surface area (Å²) in [5.41, 5.74) is 1.27. The fourth-order valence-corrected chi connectivity index (χ4v) is 1.57. The van der Waals surface area contributed by atoms with Gasteiger partial charge in [0, 0.05) is 0 Å². The second-order valence-electron chi connectivity index (χ2n) is 4.42. The number of nitrogens with zero attached hydrogens (tertiary/aromatic N) is 1. The first-order valence-corrected chi connectivity index (χ1v) is 5.39. The van der Waals surface area contributed by atoms with Gasteiger partial charge in [0.05, 0.1) is 5.71 Å². The molecule has 0 aromatic heterocycles. The van der Waals surface area contributed by atoms with E-state index in [-0.39, 0.29) is 0 Å². The summed E-state index contributed by atoms with van der Waals surface area (Å²) >= 11 is 0. The maximum Gasteiger partial charge on any atom is 0.119 e. The summed E-state index contributed by atoms with van der Waals surface area (Å²) in [4.78, 5) is 5.29. The molecule has 1 saturated carbocycles. The van der Waals surface area contributed by atoms with Crippen LogP contribution < -0.4 is 0 Å². The summed E-state index contributed by atoms with van der Waals surface area (Å²) < 4.78 is 0. The van der Waals surface area contributed by atoms with E-state index in [0.29, 0.717) is 11.8 Å². The molecule has 0 aromatic rings. The van der Waals surface area contributed by atoms with E-state index < -0.39 is 0 Å². The Labute approximate surface area is 81.3 Å². The minimum Gasteiger partial charge on any atom is -0.396 e. The monoisotopic (exact) mass is 183 g/mol. The molecular formula is C11H21NO. The van der Waals surface area contributed by atoms with Crippen LogP contribution in [-0.2, 0) is 4.84 Å². The van der Waals surface area contributed by atoms with Gasteiger partial charge in [0.25, 0.3) is 0 Å². The molecule has 1 atom stereocenters. The lowest BCUT2D eigenvalue weighted by Crippen LogP contribution is -2.16. The summed E-state index contributed by atoms with van der Waals surface area (Å²) in [6, 6.07) is 0. The predicted molar refractivity (Wildman–Crippen MR) is 55.9 cm³/mol. The van der Waals surface area contributed by atoms with Crippen LogP contribution in [0, 0.1) is 11.8 Å². The first kappa shape index (κ1) is 10.6. The van der Waals surface area contributed by atoms with Gasteiger partial charge in [0.1, 0.15) is 6.61 Å². The van der Waals surface area contributed by atoms with Gasteiger partial charge in [0.15, 0.2) is 0 Å². The zero-order valence-corrected chi connectivity index (χ0v) is 9.05. The molecule has 0 radical (unpaired) electrons. The van der Waals surface area contributed by atoms with Gasteiger partial charge in [-0.3, -0.25) is 0 Å². The van der Waals surface area contributed by atoms with Crippen molar-refractivity contribution in [2.75, 3.05) is 6.61 Å². The largest absolute Gasteiger partial charge is 0.396 e. The average Bonchev–Trinajstić information content (AvgIpc) is 2.08. The van der Waals surface area contributed by atoms with Crippen LogP contribution in [0.3, 0.4) is 0 Å². The van der Waals surface area contributed by atoms with Gasteiger partial charge >= 0.3 is 0 Å². The minimum absolute atomic E-state index is 0.572. The lowest BCUT2D eigenvalue weighted by Gasteiger charge is -2.19. The predicted octanol–water partition coefficient (Wildman–Crippen LogP) is 3.23. The van der Waals surface area contributed by atoms with Gasteiger partial charge < -0.3 is 4.84 Å². The molecule has 0 bridgehead atoms. The van der Waals surface area contributed by atoms with Crippen LogP contribution in [0.2, 0.25) is 0 Å². The van der Waals surface area contributed by atoms with Crippen LogP contribution in [0.1, 0.15) is 46.5 Å². The topological polar surface area (TPSA) is 21.6 Å². The Morgan fingerprint density at radius 2 is 2.23 bits per heavy atom. The molecule has 0 aromatic carbocycles. The second kappa shape index (κ2) is 5.25. The molecule has 0 aliphatic heterocycles. The normalized spacial score (nSPS) is 26.8. The molecule has 0 N–H and O–H groups in total. The third-order valence-electron chi connectivity index (χ3n) is 2.48. The first-order valence-electron chi connectivity index (χ1n) is 5.39. The van der Waals surface area contributed by atoms with Gasteiger partial charge in [-0.05, 0) is 31.1 Å². The van der Waals surface area contributed by atoms with Crippen molar-refractivity contribution in [2.45, 2.75) is 46.5 Å². The SMILES string of the molecule is CC(C)CO/N=C1/CCCC[C@H]1C. The van der Waals surface area contributed by atoms with Gasteiger partial charge in [-0.2, -0.15) is 0 Å². The van der Waals surface area contributed by atoms with Gasteiger partial charge in [-0.25, -0.2) is 0 Å². The summed E-state index contributed by atoms with van der Waals surface area (Å²) in [7, 11) is 0. The van der Waals surface area contributed by atoms with E-state index in [2.05, 4.69) is 25.9 Å². The van der Waals surface area contributed by atoms with Crippen molar-refractivity contribution in [1.29, 1.82) is 0 Å². The molecule has 0 unspecified atom stereocenters. The summed E-state index contributed by atoms with van der Waals surface area (Å²) in [5.74, 6) is 1.21. The van der Waals surface area contributed by atoms with Crippen molar-refractivity contribution < 1.29 is 4.84 Å². The molecule has 0 amide bonds. The highest BCUT2D eigenvalue weighted by Crippen LogP contribution is 2.21. The van der Waals surface area contributed by atoms with E-state index in [0.717, 1.165) is 13.0 Å². The van der Waals surface area contributed by atoms with Gasteiger partial charge in [-0.15, -0.1) is 0 Å². The molecule has 0 heterocycles. The number of rotatable bonds is 3. The number of oxime groups is 1. The van der Waals surface area contributed by atoms with Crippen molar-refractivity contribution in [3.05, 3.63) is 0 Å². The average molecular weight is 183 g/mol. The van der Waals surface area contributed by atoms with Crippen LogP contribution in [0.25, 0.3) is 0 Å². The molecule has 1 fully saturated rings. The first-order chi connectivity index (χ1) is 6.20. The van der Waals surface area contributed by atoms with Crippen molar-refractivity contribution in [2.24, 2.45) is 17.0 Å². The third-order valence-corrected chi connectivity index (χ3v) is 2.48. The molecule has 2 nitrogen and oxygen atoms in total. The molecule has 2 heteroatoms. The maximum absolute atomic E-state index is 5.29. The van der Waals surface area contributed by atoms with Crippen molar-refractivity contribution in [3.63, 3.8) is 0 Å². The second-order valence-corrected chi connectivity index (χ2v) is 4.42. The molecule has 13 heavy (non-hydrogen) atoms. The lowest BCUT2D eigenvalue weighted by molar-refractivity contribution is 0.116. The molecule has 0 saturated heterocycles. The van der Waals surface area contributed by atoms with E-state index in [1.807, 2.05) is 0 Å². The highest BCUT2D eigenvalue weighted by Gasteiger charge is 2.16. The van der Waals surface area contributed by atoms with E-state index >= 15 is 0 Å². The summed E-state index contributed by atoms with van der Waals surface area (Å²) in [6.45, 7) is 7.28. The van der Waals surface area contributed by atoms with Crippen LogP contribution >= 0.6 is 0 Å².